The van der Waals surface area contributed by atoms with Gasteiger partial charge in [-0.25, -0.2) is 0 Å². The molecule has 0 atom stereocenters. The van der Waals surface area contributed by atoms with Crippen LogP contribution < -0.4 is 16.5 Å². The Morgan fingerprint density at radius 3 is 2.64 bits per heavy atom. The molecule has 0 unspecified atom stereocenters. The average molecular weight is 336 g/mol. The number of amides is 1. The van der Waals surface area contributed by atoms with E-state index in [0.717, 1.165) is 16.6 Å². The third-order valence-electron chi connectivity index (χ3n) is 4.11. The van der Waals surface area contributed by atoms with Gasteiger partial charge in [-0.15, -0.1) is 0 Å². The topological polar surface area (TPSA) is 90.0 Å². The van der Waals surface area contributed by atoms with Crippen LogP contribution in [0.4, 0.5) is 0 Å². The van der Waals surface area contributed by atoms with Crippen molar-refractivity contribution < 1.29 is 4.79 Å². The van der Waals surface area contributed by atoms with E-state index in [1.165, 1.54) is 0 Å². The van der Waals surface area contributed by atoms with Gasteiger partial charge in [0.05, 0.1) is 5.52 Å². The van der Waals surface area contributed by atoms with Gasteiger partial charge in [0.25, 0.3) is 5.91 Å². The average Bonchev–Trinajstić information content (AvgIpc) is 2.67. The number of benzene rings is 1. The van der Waals surface area contributed by atoms with E-state index in [-0.39, 0.29) is 11.0 Å². The number of nitrogens with one attached hydrogen (secondary N) is 1. The molecule has 0 saturated carbocycles. The molecule has 0 fully saturated rings. The normalized spacial score (nSPS) is 10.8. The summed E-state index contributed by atoms with van der Waals surface area (Å²) in [5.74, 6) is -0.391. The second-order valence-corrected chi connectivity index (χ2v) is 5.67. The SMILES string of the molecule is CCn1cc(C(=O)NCCN)c(=O)c2ccc(-c3ccncc3)cc21. The quantitative estimate of drug-likeness (QED) is 0.743. The molecule has 3 rings (SSSR count). The van der Waals surface area contributed by atoms with Crippen LogP contribution >= 0.6 is 0 Å². The van der Waals surface area contributed by atoms with Crippen LogP contribution in [0.5, 0.6) is 0 Å². The van der Waals surface area contributed by atoms with Crippen LogP contribution in [0.15, 0.2) is 53.7 Å². The number of nitrogens with two attached hydrogens (primary N) is 1. The molecule has 128 valence electrons. The number of aryl methyl sites for hydroxylation is 1. The molecule has 2 aromatic heterocycles. The van der Waals surface area contributed by atoms with Gasteiger partial charge in [-0.3, -0.25) is 14.6 Å². The van der Waals surface area contributed by atoms with Crippen molar-refractivity contribution in [1.29, 1.82) is 0 Å². The summed E-state index contributed by atoms with van der Waals surface area (Å²) < 4.78 is 1.92. The van der Waals surface area contributed by atoms with Gasteiger partial charge in [0.2, 0.25) is 5.43 Å². The van der Waals surface area contributed by atoms with Gasteiger partial charge in [-0.1, -0.05) is 6.07 Å². The van der Waals surface area contributed by atoms with Gasteiger partial charge < -0.3 is 15.6 Å². The zero-order valence-electron chi connectivity index (χ0n) is 14.0. The fourth-order valence-corrected chi connectivity index (χ4v) is 2.82. The Bertz CT molecular complexity index is 964. The molecule has 0 spiro atoms. The molecular formula is C19H20N4O2. The lowest BCUT2D eigenvalue weighted by Crippen LogP contribution is -2.33. The van der Waals surface area contributed by atoms with Crippen molar-refractivity contribution in [2.45, 2.75) is 13.5 Å². The maximum Gasteiger partial charge on any atom is 0.256 e. The van der Waals surface area contributed by atoms with E-state index in [1.54, 1.807) is 24.7 Å². The molecule has 1 aromatic carbocycles. The molecule has 0 saturated heterocycles. The Kier molecular flexibility index (Phi) is 4.90. The van der Waals surface area contributed by atoms with E-state index in [4.69, 9.17) is 5.73 Å². The highest BCUT2D eigenvalue weighted by Gasteiger charge is 2.15. The molecule has 25 heavy (non-hydrogen) atoms. The van der Waals surface area contributed by atoms with Crippen molar-refractivity contribution in [2.75, 3.05) is 13.1 Å². The summed E-state index contributed by atoms with van der Waals surface area (Å²) in [5, 5.41) is 3.19. The third kappa shape index (κ3) is 3.29. The fourth-order valence-electron chi connectivity index (χ4n) is 2.82. The van der Waals surface area contributed by atoms with E-state index in [1.807, 2.05) is 35.8 Å². The van der Waals surface area contributed by atoms with E-state index in [0.29, 0.717) is 25.0 Å². The molecule has 1 amide bonds. The Hall–Kier alpha value is -2.99. The minimum atomic E-state index is -0.391. The van der Waals surface area contributed by atoms with Gasteiger partial charge >= 0.3 is 0 Å². The summed E-state index contributed by atoms with van der Waals surface area (Å²) in [6.45, 7) is 3.29. The molecule has 0 bridgehead atoms. The lowest BCUT2D eigenvalue weighted by atomic mass is 10.0. The molecule has 6 nitrogen and oxygen atoms in total. The minimum absolute atomic E-state index is 0.138. The number of aromatic nitrogens is 2. The summed E-state index contributed by atoms with van der Waals surface area (Å²) in [6, 6.07) is 9.48. The molecule has 0 aliphatic carbocycles. The monoisotopic (exact) mass is 336 g/mol. The van der Waals surface area contributed by atoms with Gasteiger partial charge in [0.1, 0.15) is 5.56 Å². The standard InChI is InChI=1S/C19H20N4O2/c1-2-23-12-16(19(25)22-10-7-20)18(24)15-4-3-14(11-17(15)23)13-5-8-21-9-6-13/h3-6,8-9,11-12H,2,7,10,20H2,1H3,(H,22,25). The first-order valence-electron chi connectivity index (χ1n) is 8.21. The molecule has 3 N–H and O–H groups in total. The zero-order valence-corrected chi connectivity index (χ0v) is 14.0. The second kappa shape index (κ2) is 7.27. The Morgan fingerprint density at radius 1 is 1.20 bits per heavy atom. The third-order valence-corrected chi connectivity index (χ3v) is 4.11. The van der Waals surface area contributed by atoms with Gasteiger partial charge in [0.15, 0.2) is 0 Å². The fraction of sp³-hybridized carbons (Fsp3) is 0.211. The van der Waals surface area contributed by atoms with E-state index in [9.17, 15) is 9.59 Å². The summed E-state index contributed by atoms with van der Waals surface area (Å²) in [4.78, 5) is 29.0. The predicted octanol–water partition coefficient (Wildman–Crippen LogP) is 1.77. The molecule has 0 aliphatic rings. The van der Waals surface area contributed by atoms with Crippen molar-refractivity contribution in [3.05, 3.63) is 64.7 Å². The van der Waals surface area contributed by atoms with Gasteiger partial charge in [-0.05, 0) is 42.3 Å². The lowest BCUT2D eigenvalue weighted by Gasteiger charge is -2.13. The number of nitrogens with zero attached hydrogens (tertiary/aromatic N) is 2. The van der Waals surface area contributed by atoms with Crippen molar-refractivity contribution >= 4 is 16.8 Å². The number of carbonyl (C=O) groups excluding carboxylic acids is 1. The van der Waals surface area contributed by atoms with Crippen LogP contribution in [0.2, 0.25) is 0 Å². The summed E-state index contributed by atoms with van der Waals surface area (Å²) in [6.07, 6.45) is 5.08. The first-order chi connectivity index (χ1) is 12.2. The van der Waals surface area contributed by atoms with E-state index >= 15 is 0 Å². The van der Waals surface area contributed by atoms with Crippen LogP contribution in [0, 0.1) is 0 Å². The maximum atomic E-state index is 12.7. The largest absolute Gasteiger partial charge is 0.351 e. The second-order valence-electron chi connectivity index (χ2n) is 5.67. The van der Waals surface area contributed by atoms with E-state index in [2.05, 4.69) is 10.3 Å². The number of carbonyl (C=O) groups is 1. The molecule has 0 radical (unpaired) electrons. The highest BCUT2D eigenvalue weighted by molar-refractivity contribution is 5.97. The smallest absolute Gasteiger partial charge is 0.256 e. The lowest BCUT2D eigenvalue weighted by molar-refractivity contribution is 0.0953. The number of fused-ring (bicyclic) bond motifs is 1. The van der Waals surface area contributed by atoms with Crippen molar-refractivity contribution in [3.8, 4) is 11.1 Å². The van der Waals surface area contributed by atoms with Crippen LogP contribution in [0.1, 0.15) is 17.3 Å². The number of hydrogen-bond acceptors (Lipinski definition) is 4. The maximum absolute atomic E-state index is 12.7. The number of hydrogen-bond donors (Lipinski definition) is 2. The number of pyridine rings is 2. The van der Waals surface area contributed by atoms with Crippen LogP contribution in [0.3, 0.4) is 0 Å². The Balaban J connectivity index is 2.16. The van der Waals surface area contributed by atoms with Crippen LogP contribution in [-0.2, 0) is 6.54 Å². The molecule has 6 heteroatoms. The van der Waals surface area contributed by atoms with Crippen LogP contribution in [0.25, 0.3) is 22.0 Å². The van der Waals surface area contributed by atoms with Gasteiger partial charge in [0, 0.05) is 43.6 Å². The Morgan fingerprint density at radius 2 is 1.96 bits per heavy atom. The van der Waals surface area contributed by atoms with Crippen LogP contribution in [-0.4, -0.2) is 28.5 Å². The molecule has 3 aromatic rings. The highest BCUT2D eigenvalue weighted by Crippen LogP contribution is 2.23. The predicted molar refractivity (Wildman–Crippen MR) is 98.5 cm³/mol. The van der Waals surface area contributed by atoms with Crippen molar-refractivity contribution in [1.82, 2.24) is 14.9 Å². The highest BCUT2D eigenvalue weighted by atomic mass is 16.2. The number of rotatable bonds is 5. The van der Waals surface area contributed by atoms with E-state index < -0.39 is 5.91 Å². The summed E-state index contributed by atoms with van der Waals surface area (Å²) in [7, 11) is 0. The first-order valence-corrected chi connectivity index (χ1v) is 8.21. The molecule has 0 aliphatic heterocycles. The van der Waals surface area contributed by atoms with Gasteiger partial charge in [-0.2, -0.15) is 0 Å². The first kappa shape index (κ1) is 16.9. The molecular weight excluding hydrogens is 316 g/mol. The zero-order chi connectivity index (χ0) is 17.8. The summed E-state index contributed by atoms with van der Waals surface area (Å²) in [5.41, 5.74) is 8.10. The molecule has 2 heterocycles. The van der Waals surface area contributed by atoms with Crippen molar-refractivity contribution in [3.63, 3.8) is 0 Å². The van der Waals surface area contributed by atoms with Crippen molar-refractivity contribution in [2.24, 2.45) is 5.73 Å². The summed E-state index contributed by atoms with van der Waals surface area (Å²) >= 11 is 0. The Labute approximate surface area is 145 Å². The minimum Gasteiger partial charge on any atom is -0.351 e.